The van der Waals surface area contributed by atoms with Crippen LogP contribution in [0, 0.1) is 0 Å². The van der Waals surface area contributed by atoms with Crippen LogP contribution < -0.4 is 4.84 Å². The first kappa shape index (κ1) is 7.86. The van der Waals surface area contributed by atoms with Gasteiger partial charge in [-0.05, 0) is 12.1 Å². The van der Waals surface area contributed by atoms with Gasteiger partial charge >= 0.3 is 5.97 Å². The Labute approximate surface area is 75.5 Å². The van der Waals surface area contributed by atoms with E-state index in [4.69, 9.17) is 4.84 Å². The number of nitrogens with zero attached hydrogens (tertiary/aromatic N) is 1. The summed E-state index contributed by atoms with van der Waals surface area (Å²) in [5, 5.41) is 1.06. The Morgan fingerprint density at radius 1 is 1.31 bits per heavy atom. The summed E-state index contributed by atoms with van der Waals surface area (Å²) in [5.74, 6) is -0.318. The molecule has 66 valence electrons. The van der Waals surface area contributed by atoms with E-state index in [9.17, 15) is 4.79 Å². The van der Waals surface area contributed by atoms with Gasteiger partial charge in [-0.25, -0.2) is 4.79 Å². The van der Waals surface area contributed by atoms with E-state index in [1.54, 1.807) is 6.20 Å². The van der Waals surface area contributed by atoms with E-state index in [1.807, 2.05) is 30.3 Å². The minimum Gasteiger partial charge on any atom is -0.337 e. The molecule has 0 aliphatic rings. The molecule has 3 nitrogen and oxygen atoms in total. The molecule has 0 radical (unpaired) electrons. The van der Waals surface area contributed by atoms with Crippen LogP contribution in [0.2, 0.25) is 0 Å². The molecule has 0 N–H and O–H groups in total. The highest BCUT2D eigenvalue weighted by Crippen LogP contribution is 2.13. The van der Waals surface area contributed by atoms with Crippen LogP contribution in [-0.4, -0.2) is 10.7 Å². The fourth-order valence-electron chi connectivity index (χ4n) is 1.28. The van der Waals surface area contributed by atoms with Gasteiger partial charge in [-0.3, -0.25) is 0 Å². The van der Waals surface area contributed by atoms with Crippen molar-refractivity contribution in [2.45, 2.75) is 6.92 Å². The third kappa shape index (κ3) is 1.40. The summed E-state index contributed by atoms with van der Waals surface area (Å²) in [4.78, 5) is 15.7. The molecule has 3 heteroatoms. The molecule has 0 unspecified atom stereocenters. The normalized spacial score (nSPS) is 10.2. The third-order valence-electron chi connectivity index (χ3n) is 1.79. The van der Waals surface area contributed by atoms with Crippen LogP contribution in [0.1, 0.15) is 6.92 Å². The van der Waals surface area contributed by atoms with E-state index in [-0.39, 0.29) is 5.97 Å². The monoisotopic (exact) mass is 175 g/mol. The molecule has 0 aliphatic heterocycles. The number of benzene rings is 1. The minimum atomic E-state index is -0.318. The van der Waals surface area contributed by atoms with Crippen molar-refractivity contribution in [1.29, 1.82) is 0 Å². The molecule has 0 amide bonds. The number of aromatic nitrogens is 1. The number of para-hydroxylation sites is 1. The second-order valence-electron chi connectivity index (χ2n) is 2.78. The molecule has 0 saturated carbocycles. The lowest BCUT2D eigenvalue weighted by Crippen LogP contribution is -2.14. The number of carbonyl (C=O) groups excluding carboxylic acids is 1. The van der Waals surface area contributed by atoms with E-state index < -0.39 is 0 Å². The maximum absolute atomic E-state index is 10.7. The molecular formula is C10H9NO2. The maximum atomic E-state index is 10.7. The van der Waals surface area contributed by atoms with Gasteiger partial charge in [0.2, 0.25) is 0 Å². The van der Waals surface area contributed by atoms with Crippen molar-refractivity contribution >= 4 is 16.9 Å². The van der Waals surface area contributed by atoms with Gasteiger partial charge in [-0.15, -0.1) is 0 Å². The Hall–Kier alpha value is -1.77. The van der Waals surface area contributed by atoms with Gasteiger partial charge in [0.1, 0.15) is 0 Å². The van der Waals surface area contributed by atoms with E-state index in [0.717, 1.165) is 10.9 Å². The van der Waals surface area contributed by atoms with Crippen molar-refractivity contribution in [2.75, 3.05) is 0 Å². The fraction of sp³-hybridized carbons (Fsp3) is 0.100. The number of hydrogen-bond donors (Lipinski definition) is 0. The molecule has 2 rings (SSSR count). The summed E-state index contributed by atoms with van der Waals surface area (Å²) in [5.41, 5.74) is 0.901. The van der Waals surface area contributed by atoms with Crippen molar-refractivity contribution in [3.8, 4) is 0 Å². The van der Waals surface area contributed by atoms with E-state index in [2.05, 4.69) is 0 Å². The number of rotatable bonds is 1. The molecule has 0 bridgehead atoms. The molecule has 0 saturated heterocycles. The first-order valence-corrected chi connectivity index (χ1v) is 4.02. The number of carbonyl (C=O) groups is 1. The van der Waals surface area contributed by atoms with Crippen LogP contribution in [0.4, 0.5) is 0 Å². The predicted molar refractivity (Wildman–Crippen MR) is 49.2 cm³/mol. The lowest BCUT2D eigenvalue weighted by molar-refractivity contribution is -0.140. The minimum absolute atomic E-state index is 0.318. The Kier molecular flexibility index (Phi) is 1.77. The largest absolute Gasteiger partial charge is 0.337 e. The van der Waals surface area contributed by atoms with Crippen molar-refractivity contribution in [3.05, 3.63) is 36.5 Å². The zero-order valence-electron chi connectivity index (χ0n) is 7.23. The van der Waals surface area contributed by atoms with Gasteiger partial charge < -0.3 is 4.84 Å². The van der Waals surface area contributed by atoms with Crippen LogP contribution in [0.25, 0.3) is 10.9 Å². The topological polar surface area (TPSA) is 31.2 Å². The molecule has 13 heavy (non-hydrogen) atoms. The van der Waals surface area contributed by atoms with Gasteiger partial charge in [0.25, 0.3) is 0 Å². The molecular weight excluding hydrogens is 166 g/mol. The maximum Gasteiger partial charge on any atom is 0.329 e. The molecule has 0 aliphatic carbocycles. The van der Waals surface area contributed by atoms with E-state index in [1.165, 1.54) is 11.7 Å². The van der Waals surface area contributed by atoms with E-state index in [0.29, 0.717) is 0 Å². The first-order chi connectivity index (χ1) is 6.27. The molecule has 1 aromatic carbocycles. The molecule has 0 atom stereocenters. The Bertz CT molecular complexity index is 445. The second-order valence-corrected chi connectivity index (χ2v) is 2.78. The van der Waals surface area contributed by atoms with Gasteiger partial charge in [0, 0.05) is 18.5 Å². The third-order valence-corrected chi connectivity index (χ3v) is 1.79. The SMILES string of the molecule is CC(=O)On1ccc2ccccc21. The van der Waals surface area contributed by atoms with Crippen LogP contribution in [-0.2, 0) is 4.79 Å². The second kappa shape index (κ2) is 2.94. The lowest BCUT2D eigenvalue weighted by Gasteiger charge is -2.02. The molecule has 1 aromatic heterocycles. The van der Waals surface area contributed by atoms with Crippen LogP contribution >= 0.6 is 0 Å². The quantitative estimate of drug-likeness (QED) is 0.659. The highest BCUT2D eigenvalue weighted by Gasteiger charge is 2.01. The van der Waals surface area contributed by atoms with Gasteiger partial charge in [0.05, 0.1) is 5.52 Å². The summed E-state index contributed by atoms with van der Waals surface area (Å²) in [6.45, 7) is 1.38. The summed E-state index contributed by atoms with van der Waals surface area (Å²) in [7, 11) is 0. The highest BCUT2D eigenvalue weighted by molar-refractivity contribution is 5.80. The zero-order chi connectivity index (χ0) is 9.26. The molecule has 0 spiro atoms. The molecule has 2 aromatic rings. The fourth-order valence-corrected chi connectivity index (χ4v) is 1.28. The first-order valence-electron chi connectivity index (χ1n) is 4.02. The van der Waals surface area contributed by atoms with Crippen molar-refractivity contribution in [2.24, 2.45) is 0 Å². The van der Waals surface area contributed by atoms with Gasteiger partial charge in [0.15, 0.2) is 0 Å². The number of hydrogen-bond acceptors (Lipinski definition) is 2. The summed E-state index contributed by atoms with van der Waals surface area (Å²) in [6, 6.07) is 9.62. The molecule has 0 fully saturated rings. The van der Waals surface area contributed by atoms with Crippen LogP contribution in [0.5, 0.6) is 0 Å². The molecule has 1 heterocycles. The summed E-state index contributed by atoms with van der Waals surface area (Å²) < 4.78 is 1.47. The predicted octanol–water partition coefficient (Wildman–Crippen LogP) is 1.62. The van der Waals surface area contributed by atoms with Crippen molar-refractivity contribution in [3.63, 3.8) is 0 Å². The number of fused-ring (bicyclic) bond motifs is 1. The zero-order valence-corrected chi connectivity index (χ0v) is 7.23. The Balaban J connectivity index is 2.51. The standard InChI is InChI=1S/C10H9NO2/c1-8(12)13-11-7-6-9-4-2-3-5-10(9)11/h2-7H,1H3. The van der Waals surface area contributed by atoms with Crippen molar-refractivity contribution < 1.29 is 9.63 Å². The van der Waals surface area contributed by atoms with Gasteiger partial charge in [-0.1, -0.05) is 18.2 Å². The van der Waals surface area contributed by atoms with Gasteiger partial charge in [-0.2, -0.15) is 4.73 Å². The van der Waals surface area contributed by atoms with Crippen LogP contribution in [0.15, 0.2) is 36.5 Å². The van der Waals surface area contributed by atoms with Crippen molar-refractivity contribution in [1.82, 2.24) is 4.73 Å². The van der Waals surface area contributed by atoms with E-state index >= 15 is 0 Å². The highest BCUT2D eigenvalue weighted by atomic mass is 16.7. The summed E-state index contributed by atoms with van der Waals surface area (Å²) in [6.07, 6.45) is 1.73. The Morgan fingerprint density at radius 2 is 2.08 bits per heavy atom. The average Bonchev–Trinajstić information content (AvgIpc) is 2.48. The lowest BCUT2D eigenvalue weighted by atomic mass is 10.3. The summed E-state index contributed by atoms with van der Waals surface area (Å²) >= 11 is 0. The Morgan fingerprint density at radius 3 is 2.85 bits per heavy atom. The van der Waals surface area contributed by atoms with Crippen LogP contribution in [0.3, 0.4) is 0 Å². The average molecular weight is 175 g/mol. The smallest absolute Gasteiger partial charge is 0.329 e.